The van der Waals surface area contributed by atoms with Crippen molar-refractivity contribution in [3.8, 4) is 11.3 Å². The Morgan fingerprint density at radius 2 is 1.75 bits per heavy atom. The monoisotopic (exact) mass is 393 g/mol. The van der Waals surface area contributed by atoms with Gasteiger partial charge in [0.05, 0.1) is 27.7 Å². The van der Waals surface area contributed by atoms with Gasteiger partial charge < -0.3 is 10.6 Å². The lowest BCUT2D eigenvalue weighted by molar-refractivity contribution is -0.115. The van der Waals surface area contributed by atoms with Gasteiger partial charge in [0.1, 0.15) is 0 Å². The van der Waals surface area contributed by atoms with Gasteiger partial charge in [0, 0.05) is 17.7 Å². The Morgan fingerprint density at radius 3 is 2.43 bits per heavy atom. The predicted octanol–water partition coefficient (Wildman–Crippen LogP) is 5.31. The molecule has 0 aliphatic carbocycles. The molecule has 2 N–H and O–H groups in total. The van der Waals surface area contributed by atoms with Gasteiger partial charge in [-0.25, -0.2) is 0 Å². The van der Waals surface area contributed by atoms with E-state index >= 15 is 0 Å². The molecule has 0 fully saturated rings. The highest BCUT2D eigenvalue weighted by molar-refractivity contribution is 6.34. The van der Waals surface area contributed by atoms with Gasteiger partial charge in [-0.2, -0.15) is 0 Å². The normalized spacial score (nSPS) is 10.4. The quantitative estimate of drug-likeness (QED) is 0.616. The van der Waals surface area contributed by atoms with Gasteiger partial charge in [0.25, 0.3) is 5.91 Å². The van der Waals surface area contributed by atoms with Crippen molar-refractivity contribution in [2.45, 2.75) is 20.3 Å². The summed E-state index contributed by atoms with van der Waals surface area (Å²) in [7, 11) is 0. The summed E-state index contributed by atoms with van der Waals surface area (Å²) in [5.41, 5.74) is 3.86. The molecule has 1 heterocycles. The van der Waals surface area contributed by atoms with Crippen LogP contribution in [0.1, 0.15) is 29.4 Å². The van der Waals surface area contributed by atoms with Crippen LogP contribution >= 0.6 is 11.6 Å². The van der Waals surface area contributed by atoms with Crippen molar-refractivity contribution in [2.24, 2.45) is 0 Å². The fraction of sp³-hybridized carbons (Fsp3) is 0.136. The molecule has 1 aromatic heterocycles. The average molecular weight is 394 g/mol. The minimum absolute atomic E-state index is 0.115. The average Bonchev–Trinajstić information content (AvgIpc) is 2.70. The Kier molecular flexibility index (Phi) is 6.06. The lowest BCUT2D eigenvalue weighted by atomic mass is 10.1. The van der Waals surface area contributed by atoms with Crippen molar-refractivity contribution >= 4 is 34.8 Å². The number of pyridine rings is 1. The summed E-state index contributed by atoms with van der Waals surface area (Å²) in [5, 5.41) is 5.93. The first-order valence-corrected chi connectivity index (χ1v) is 9.29. The Morgan fingerprint density at radius 1 is 1.00 bits per heavy atom. The topological polar surface area (TPSA) is 71.1 Å². The van der Waals surface area contributed by atoms with E-state index in [9.17, 15) is 9.59 Å². The molecule has 0 radical (unpaired) electrons. The lowest BCUT2D eigenvalue weighted by Gasteiger charge is -2.12. The highest BCUT2D eigenvalue weighted by Gasteiger charge is 2.14. The molecule has 0 spiro atoms. The summed E-state index contributed by atoms with van der Waals surface area (Å²) in [4.78, 5) is 28.8. The number of halogens is 1. The van der Waals surface area contributed by atoms with Crippen LogP contribution < -0.4 is 10.6 Å². The van der Waals surface area contributed by atoms with Gasteiger partial charge in [-0.05, 0) is 37.3 Å². The third kappa shape index (κ3) is 4.56. The Bertz CT molecular complexity index is 1020. The molecule has 5 nitrogen and oxygen atoms in total. The Balaban J connectivity index is 1.81. The minimum atomic E-state index is -0.314. The van der Waals surface area contributed by atoms with Gasteiger partial charge in [0.15, 0.2) is 0 Å². The van der Waals surface area contributed by atoms with E-state index in [-0.39, 0.29) is 11.8 Å². The Labute approximate surface area is 168 Å². The number of anilines is 2. The molecule has 0 unspecified atom stereocenters. The maximum atomic E-state index is 12.7. The molecule has 142 valence electrons. The number of benzene rings is 2. The summed E-state index contributed by atoms with van der Waals surface area (Å²) in [6, 6.07) is 18.3. The lowest BCUT2D eigenvalue weighted by Crippen LogP contribution is -2.15. The molecule has 0 bridgehead atoms. The molecule has 0 aliphatic heterocycles. The zero-order chi connectivity index (χ0) is 20.1. The van der Waals surface area contributed by atoms with E-state index in [1.807, 2.05) is 36.4 Å². The largest absolute Gasteiger partial charge is 0.326 e. The maximum Gasteiger partial charge on any atom is 0.257 e. The fourth-order valence-corrected chi connectivity index (χ4v) is 2.87. The number of carbonyl (C=O) groups is 2. The fourth-order valence-electron chi connectivity index (χ4n) is 2.71. The van der Waals surface area contributed by atoms with E-state index in [0.29, 0.717) is 34.1 Å². The second-order valence-electron chi connectivity index (χ2n) is 6.25. The molecular formula is C22H20ClN3O2. The zero-order valence-corrected chi connectivity index (χ0v) is 16.4. The molecule has 0 saturated carbocycles. The number of carbonyl (C=O) groups excluding carboxylic acids is 2. The predicted molar refractivity (Wildman–Crippen MR) is 113 cm³/mol. The minimum Gasteiger partial charge on any atom is -0.326 e. The van der Waals surface area contributed by atoms with Crippen LogP contribution in [0, 0.1) is 6.92 Å². The number of rotatable bonds is 5. The van der Waals surface area contributed by atoms with E-state index in [1.165, 1.54) is 0 Å². The molecular weight excluding hydrogens is 374 g/mol. The van der Waals surface area contributed by atoms with E-state index in [0.717, 1.165) is 11.3 Å². The van der Waals surface area contributed by atoms with Crippen LogP contribution in [0.25, 0.3) is 11.3 Å². The SMILES string of the molecule is CCC(=O)Nc1ccc(Cl)c(NC(=O)c2ccc(-c3ccccc3)nc2C)c1. The zero-order valence-electron chi connectivity index (χ0n) is 15.6. The van der Waals surface area contributed by atoms with Crippen LogP contribution in [0.5, 0.6) is 0 Å². The molecule has 3 rings (SSSR count). The second kappa shape index (κ2) is 8.67. The molecule has 0 atom stereocenters. The van der Waals surface area contributed by atoms with Crippen molar-refractivity contribution < 1.29 is 9.59 Å². The van der Waals surface area contributed by atoms with Gasteiger partial charge in [-0.15, -0.1) is 0 Å². The first-order valence-electron chi connectivity index (χ1n) is 8.91. The van der Waals surface area contributed by atoms with Crippen LogP contribution in [0.15, 0.2) is 60.7 Å². The molecule has 28 heavy (non-hydrogen) atoms. The van der Waals surface area contributed by atoms with Crippen molar-refractivity contribution in [1.29, 1.82) is 0 Å². The standard InChI is InChI=1S/C22H20ClN3O2/c1-3-21(27)25-16-9-11-18(23)20(13-16)26-22(28)17-10-12-19(24-14(17)2)15-7-5-4-6-8-15/h4-13H,3H2,1-2H3,(H,25,27)(H,26,28). The van der Waals surface area contributed by atoms with Crippen molar-refractivity contribution in [2.75, 3.05) is 10.6 Å². The van der Waals surface area contributed by atoms with E-state index in [1.54, 1.807) is 38.1 Å². The van der Waals surface area contributed by atoms with E-state index in [2.05, 4.69) is 15.6 Å². The van der Waals surface area contributed by atoms with Crippen LogP contribution in [-0.4, -0.2) is 16.8 Å². The third-order valence-electron chi connectivity index (χ3n) is 4.22. The summed E-state index contributed by atoms with van der Waals surface area (Å²) in [6.45, 7) is 3.56. The maximum absolute atomic E-state index is 12.7. The first-order chi connectivity index (χ1) is 13.5. The number of amides is 2. The molecule has 2 amide bonds. The van der Waals surface area contributed by atoms with Crippen LogP contribution in [0.4, 0.5) is 11.4 Å². The summed E-state index contributed by atoms with van der Waals surface area (Å²) < 4.78 is 0. The summed E-state index contributed by atoms with van der Waals surface area (Å²) in [6.07, 6.45) is 0.364. The number of nitrogens with zero attached hydrogens (tertiary/aromatic N) is 1. The number of aromatic nitrogens is 1. The van der Waals surface area contributed by atoms with Gasteiger partial charge >= 0.3 is 0 Å². The third-order valence-corrected chi connectivity index (χ3v) is 4.55. The smallest absolute Gasteiger partial charge is 0.257 e. The first kappa shape index (κ1) is 19.6. The van der Waals surface area contributed by atoms with Gasteiger partial charge in [-0.1, -0.05) is 48.9 Å². The van der Waals surface area contributed by atoms with Gasteiger partial charge in [-0.3, -0.25) is 14.6 Å². The Hall–Kier alpha value is -3.18. The van der Waals surface area contributed by atoms with Gasteiger partial charge in [0.2, 0.25) is 5.91 Å². The highest BCUT2D eigenvalue weighted by Crippen LogP contribution is 2.27. The van der Waals surface area contributed by atoms with E-state index in [4.69, 9.17) is 11.6 Å². The van der Waals surface area contributed by atoms with Crippen LogP contribution in [0.3, 0.4) is 0 Å². The number of nitrogens with one attached hydrogen (secondary N) is 2. The molecule has 2 aromatic carbocycles. The van der Waals surface area contributed by atoms with Crippen LogP contribution in [0.2, 0.25) is 5.02 Å². The number of hydrogen-bond acceptors (Lipinski definition) is 3. The van der Waals surface area contributed by atoms with Crippen molar-refractivity contribution in [3.63, 3.8) is 0 Å². The number of hydrogen-bond donors (Lipinski definition) is 2. The summed E-state index contributed by atoms with van der Waals surface area (Å²) in [5.74, 6) is -0.429. The second-order valence-corrected chi connectivity index (χ2v) is 6.65. The molecule has 0 saturated heterocycles. The van der Waals surface area contributed by atoms with Crippen LogP contribution in [-0.2, 0) is 4.79 Å². The molecule has 3 aromatic rings. The molecule has 6 heteroatoms. The number of aryl methyl sites for hydroxylation is 1. The highest BCUT2D eigenvalue weighted by atomic mass is 35.5. The van der Waals surface area contributed by atoms with E-state index < -0.39 is 0 Å². The van der Waals surface area contributed by atoms with Crippen molar-refractivity contribution in [1.82, 2.24) is 4.98 Å². The summed E-state index contributed by atoms with van der Waals surface area (Å²) >= 11 is 6.20. The van der Waals surface area contributed by atoms with Crippen molar-refractivity contribution in [3.05, 3.63) is 76.9 Å². The molecule has 0 aliphatic rings.